The van der Waals surface area contributed by atoms with Crippen molar-refractivity contribution < 1.29 is 14.5 Å². The third-order valence-electron chi connectivity index (χ3n) is 4.05. The summed E-state index contributed by atoms with van der Waals surface area (Å²) in [5, 5.41) is 15.5. The zero-order valence-corrected chi connectivity index (χ0v) is 16.7. The number of rotatable bonds is 6. The highest BCUT2D eigenvalue weighted by atomic mass is 79.9. The second-order valence-electron chi connectivity index (χ2n) is 5.93. The lowest BCUT2D eigenvalue weighted by atomic mass is 10.1. The molecule has 142 valence electrons. The van der Waals surface area contributed by atoms with Crippen LogP contribution < -0.4 is 4.74 Å². The molecule has 0 unspecified atom stereocenters. The SMILES string of the molecule is COc1ccc(-c2nn(-c3ccc([N+](=O)[O-])cc3)cc2/C=C(\Br)C(C)=O)cc1. The Balaban J connectivity index is 2.09. The lowest BCUT2D eigenvalue weighted by Crippen LogP contribution is -1.95. The van der Waals surface area contributed by atoms with Crippen LogP contribution in [0.5, 0.6) is 5.75 Å². The molecule has 0 bridgehead atoms. The molecule has 28 heavy (non-hydrogen) atoms. The Labute approximate surface area is 169 Å². The monoisotopic (exact) mass is 441 g/mol. The average molecular weight is 442 g/mol. The lowest BCUT2D eigenvalue weighted by molar-refractivity contribution is -0.384. The van der Waals surface area contributed by atoms with E-state index in [1.165, 1.54) is 19.1 Å². The largest absolute Gasteiger partial charge is 0.497 e. The predicted octanol–water partition coefficient (Wildman–Crippen LogP) is 4.78. The molecule has 3 aromatic rings. The first-order chi connectivity index (χ1) is 13.4. The Morgan fingerprint density at radius 3 is 2.36 bits per heavy atom. The van der Waals surface area contributed by atoms with Crippen molar-refractivity contribution in [3.63, 3.8) is 0 Å². The summed E-state index contributed by atoms with van der Waals surface area (Å²) in [6.07, 6.45) is 3.47. The van der Waals surface area contributed by atoms with Crippen LogP contribution >= 0.6 is 15.9 Å². The average Bonchev–Trinajstić information content (AvgIpc) is 3.11. The van der Waals surface area contributed by atoms with Gasteiger partial charge in [-0.05, 0) is 65.3 Å². The van der Waals surface area contributed by atoms with Crippen LogP contribution in [0.15, 0.2) is 59.2 Å². The molecular formula is C20H16BrN3O4. The van der Waals surface area contributed by atoms with Gasteiger partial charge in [0.1, 0.15) is 5.75 Å². The Kier molecular flexibility index (Phi) is 5.70. The van der Waals surface area contributed by atoms with Gasteiger partial charge in [0.2, 0.25) is 0 Å². The van der Waals surface area contributed by atoms with E-state index in [1.54, 1.807) is 36.2 Å². The number of nitro benzene ring substituents is 1. The van der Waals surface area contributed by atoms with Gasteiger partial charge in [0.25, 0.3) is 5.69 Å². The minimum atomic E-state index is -0.451. The molecule has 8 heteroatoms. The van der Waals surface area contributed by atoms with E-state index in [-0.39, 0.29) is 11.5 Å². The van der Waals surface area contributed by atoms with E-state index in [0.29, 0.717) is 15.9 Å². The van der Waals surface area contributed by atoms with Crippen molar-refractivity contribution in [2.75, 3.05) is 7.11 Å². The number of ketones is 1. The van der Waals surface area contributed by atoms with E-state index in [4.69, 9.17) is 4.74 Å². The van der Waals surface area contributed by atoms with Gasteiger partial charge in [0.05, 0.1) is 27.9 Å². The maximum absolute atomic E-state index is 11.6. The zero-order chi connectivity index (χ0) is 20.3. The number of hydrogen-bond acceptors (Lipinski definition) is 5. The summed E-state index contributed by atoms with van der Waals surface area (Å²) >= 11 is 3.28. The number of methoxy groups -OCH3 is 1. The summed E-state index contributed by atoms with van der Waals surface area (Å²) < 4.78 is 7.23. The highest BCUT2D eigenvalue weighted by Crippen LogP contribution is 2.28. The number of non-ortho nitro benzene ring substituents is 1. The molecule has 0 aliphatic heterocycles. The highest BCUT2D eigenvalue weighted by molar-refractivity contribution is 9.12. The van der Waals surface area contributed by atoms with Crippen molar-refractivity contribution in [1.29, 1.82) is 0 Å². The van der Waals surface area contributed by atoms with Crippen LogP contribution in [0.25, 0.3) is 23.0 Å². The van der Waals surface area contributed by atoms with Crippen LogP contribution in [0.1, 0.15) is 12.5 Å². The first-order valence-electron chi connectivity index (χ1n) is 8.26. The van der Waals surface area contributed by atoms with Crippen molar-refractivity contribution in [2.24, 2.45) is 0 Å². The highest BCUT2D eigenvalue weighted by Gasteiger charge is 2.13. The zero-order valence-electron chi connectivity index (χ0n) is 15.1. The Morgan fingerprint density at radius 1 is 1.18 bits per heavy atom. The third kappa shape index (κ3) is 4.17. The number of benzene rings is 2. The van der Waals surface area contributed by atoms with Crippen molar-refractivity contribution in [2.45, 2.75) is 6.92 Å². The van der Waals surface area contributed by atoms with Crippen molar-refractivity contribution in [3.05, 3.63) is 74.9 Å². The number of hydrogen-bond donors (Lipinski definition) is 0. The van der Waals surface area contributed by atoms with E-state index in [0.717, 1.165) is 16.9 Å². The van der Waals surface area contributed by atoms with Gasteiger partial charge in [0, 0.05) is 29.5 Å². The third-order valence-corrected chi connectivity index (χ3v) is 4.84. The van der Waals surface area contributed by atoms with Gasteiger partial charge in [-0.3, -0.25) is 14.9 Å². The minimum absolute atomic E-state index is 0.00530. The molecule has 0 amide bonds. The molecule has 0 atom stereocenters. The standard InChI is InChI=1S/C20H16BrN3O4/c1-13(25)19(21)11-15-12-23(16-5-7-17(8-6-16)24(26)27)22-20(15)14-3-9-18(28-2)10-4-14/h3-12H,1-2H3/b19-11-. The summed E-state index contributed by atoms with van der Waals surface area (Å²) in [7, 11) is 1.59. The first-order valence-corrected chi connectivity index (χ1v) is 9.05. The molecule has 0 fully saturated rings. The van der Waals surface area contributed by atoms with Crippen LogP contribution in [-0.4, -0.2) is 27.6 Å². The number of halogens is 1. The summed E-state index contributed by atoms with van der Waals surface area (Å²) in [4.78, 5) is 22.0. The Bertz CT molecular complexity index is 1050. The minimum Gasteiger partial charge on any atom is -0.497 e. The van der Waals surface area contributed by atoms with E-state index in [9.17, 15) is 14.9 Å². The molecule has 0 aliphatic carbocycles. The molecule has 1 aromatic heterocycles. The van der Waals surface area contributed by atoms with E-state index in [1.807, 2.05) is 24.3 Å². The van der Waals surface area contributed by atoms with Gasteiger partial charge in [-0.2, -0.15) is 5.10 Å². The molecule has 2 aromatic carbocycles. The number of Topliss-reactive ketones (excluding diaryl/α,β-unsaturated/α-hetero) is 1. The Morgan fingerprint density at radius 2 is 1.82 bits per heavy atom. The molecule has 0 saturated carbocycles. The second kappa shape index (κ2) is 8.18. The van der Waals surface area contributed by atoms with Crippen LogP contribution in [-0.2, 0) is 4.79 Å². The fourth-order valence-corrected chi connectivity index (χ4v) is 2.81. The maximum Gasteiger partial charge on any atom is 0.269 e. The van der Waals surface area contributed by atoms with Crippen LogP contribution in [0.2, 0.25) is 0 Å². The van der Waals surface area contributed by atoms with Crippen molar-refractivity contribution in [3.8, 4) is 22.7 Å². The first kappa shape index (κ1) is 19.5. The fourth-order valence-electron chi connectivity index (χ4n) is 2.56. The molecule has 0 radical (unpaired) electrons. The van der Waals surface area contributed by atoms with Gasteiger partial charge >= 0.3 is 0 Å². The van der Waals surface area contributed by atoms with E-state index >= 15 is 0 Å². The van der Waals surface area contributed by atoms with Gasteiger partial charge in [-0.25, -0.2) is 4.68 Å². The van der Waals surface area contributed by atoms with Crippen LogP contribution in [0.4, 0.5) is 5.69 Å². The number of ether oxygens (including phenoxy) is 1. The Hall–Kier alpha value is -3.26. The molecule has 3 rings (SSSR count). The van der Waals surface area contributed by atoms with Crippen molar-refractivity contribution in [1.82, 2.24) is 9.78 Å². The van der Waals surface area contributed by atoms with E-state index in [2.05, 4.69) is 21.0 Å². The van der Waals surface area contributed by atoms with Gasteiger partial charge in [-0.1, -0.05) is 0 Å². The molecule has 1 heterocycles. The van der Waals surface area contributed by atoms with Crippen molar-refractivity contribution >= 4 is 33.5 Å². The number of carbonyl (C=O) groups is 1. The van der Waals surface area contributed by atoms with Gasteiger partial charge < -0.3 is 4.74 Å². The van der Waals surface area contributed by atoms with Crippen LogP contribution in [0, 0.1) is 10.1 Å². The normalized spacial score (nSPS) is 11.3. The predicted molar refractivity (Wildman–Crippen MR) is 110 cm³/mol. The number of carbonyl (C=O) groups excluding carboxylic acids is 1. The number of nitrogens with zero attached hydrogens (tertiary/aromatic N) is 3. The number of aromatic nitrogens is 2. The molecule has 0 saturated heterocycles. The summed E-state index contributed by atoms with van der Waals surface area (Å²) in [6.45, 7) is 1.47. The maximum atomic E-state index is 11.6. The summed E-state index contributed by atoms with van der Waals surface area (Å²) in [5.41, 5.74) is 2.91. The second-order valence-corrected chi connectivity index (χ2v) is 6.78. The fraction of sp³-hybridized carbons (Fsp3) is 0.100. The van der Waals surface area contributed by atoms with Gasteiger partial charge in [0.15, 0.2) is 5.78 Å². The molecule has 0 spiro atoms. The van der Waals surface area contributed by atoms with Crippen LogP contribution in [0.3, 0.4) is 0 Å². The van der Waals surface area contributed by atoms with Gasteiger partial charge in [-0.15, -0.1) is 0 Å². The smallest absolute Gasteiger partial charge is 0.269 e. The summed E-state index contributed by atoms with van der Waals surface area (Å²) in [5.74, 6) is 0.615. The number of allylic oxidation sites excluding steroid dienone is 1. The van der Waals surface area contributed by atoms with E-state index < -0.39 is 4.92 Å². The topological polar surface area (TPSA) is 87.3 Å². The molecule has 0 N–H and O–H groups in total. The summed E-state index contributed by atoms with van der Waals surface area (Å²) in [6, 6.07) is 13.5. The molecule has 0 aliphatic rings. The number of nitro groups is 1. The molecule has 7 nitrogen and oxygen atoms in total. The quantitative estimate of drug-likeness (QED) is 0.312. The lowest BCUT2D eigenvalue weighted by Gasteiger charge is -2.03. The molecular weight excluding hydrogens is 426 g/mol.